The summed E-state index contributed by atoms with van der Waals surface area (Å²) < 4.78 is 17.4. The molecule has 0 spiro atoms. The summed E-state index contributed by atoms with van der Waals surface area (Å²) in [4.78, 5) is 0. The molecular weight excluding hydrogens is 244 g/mol. The molecule has 0 radical (unpaired) electrons. The van der Waals surface area contributed by atoms with Crippen LogP contribution < -0.4 is 0 Å². The first-order valence-corrected chi connectivity index (χ1v) is 6.72. The van der Waals surface area contributed by atoms with Crippen LogP contribution in [0.1, 0.15) is 32.4 Å². The molecule has 3 rings (SSSR count). The number of rotatable bonds is 1. The lowest BCUT2D eigenvalue weighted by Gasteiger charge is -2.39. The van der Waals surface area contributed by atoms with Crippen molar-refractivity contribution in [1.29, 1.82) is 0 Å². The van der Waals surface area contributed by atoms with Crippen LogP contribution in [0.5, 0.6) is 0 Å². The third-order valence-corrected chi connectivity index (χ3v) is 3.85. The molecular formula is C15H20O4. The van der Waals surface area contributed by atoms with Gasteiger partial charge in [0.25, 0.3) is 0 Å². The normalized spacial score (nSPS) is 40.9. The minimum atomic E-state index is -0.951. The number of ether oxygens (including phenoxy) is 3. The van der Waals surface area contributed by atoms with Gasteiger partial charge in [0.1, 0.15) is 6.10 Å². The van der Waals surface area contributed by atoms with Crippen molar-refractivity contribution in [3.05, 3.63) is 35.9 Å². The molecule has 1 aromatic rings. The molecule has 2 heterocycles. The monoisotopic (exact) mass is 264 g/mol. The molecule has 0 saturated carbocycles. The van der Waals surface area contributed by atoms with E-state index < -0.39 is 18.2 Å². The van der Waals surface area contributed by atoms with Crippen LogP contribution in [0.4, 0.5) is 0 Å². The smallest absolute Gasteiger partial charge is 0.184 e. The van der Waals surface area contributed by atoms with Crippen molar-refractivity contribution in [2.24, 2.45) is 5.92 Å². The van der Waals surface area contributed by atoms with Gasteiger partial charge < -0.3 is 19.3 Å². The van der Waals surface area contributed by atoms with E-state index in [1.165, 1.54) is 0 Å². The first-order chi connectivity index (χ1) is 8.98. The lowest BCUT2D eigenvalue weighted by Crippen LogP contribution is -2.48. The van der Waals surface area contributed by atoms with Gasteiger partial charge in [-0.15, -0.1) is 0 Å². The van der Waals surface area contributed by atoms with Gasteiger partial charge in [-0.1, -0.05) is 37.3 Å². The van der Waals surface area contributed by atoms with Gasteiger partial charge in [0.05, 0.1) is 12.2 Å². The van der Waals surface area contributed by atoms with Crippen molar-refractivity contribution >= 4 is 0 Å². The van der Waals surface area contributed by atoms with Gasteiger partial charge >= 0.3 is 0 Å². The van der Waals surface area contributed by atoms with Crippen LogP contribution in [0.15, 0.2) is 30.3 Å². The molecule has 2 aliphatic rings. The summed E-state index contributed by atoms with van der Waals surface area (Å²) in [5.41, 5.74) is 1.06. The lowest BCUT2D eigenvalue weighted by atomic mass is 9.87. The summed E-state index contributed by atoms with van der Waals surface area (Å²) in [5, 5.41) is 10.1. The number of hydrogen-bond acceptors (Lipinski definition) is 4. The summed E-state index contributed by atoms with van der Waals surface area (Å²) in [6, 6.07) is 9.93. The highest BCUT2D eigenvalue weighted by Crippen LogP contribution is 2.44. The Kier molecular flexibility index (Phi) is 3.14. The van der Waals surface area contributed by atoms with Crippen LogP contribution in [0.25, 0.3) is 0 Å². The summed E-state index contributed by atoms with van der Waals surface area (Å²) in [5.74, 6) is -0.544. The molecule has 4 nitrogen and oxygen atoms in total. The zero-order valence-electron chi connectivity index (χ0n) is 11.4. The van der Waals surface area contributed by atoms with E-state index in [1.54, 1.807) is 0 Å². The predicted molar refractivity (Wildman–Crippen MR) is 69.3 cm³/mol. The number of benzene rings is 1. The molecule has 5 atom stereocenters. The molecule has 2 aliphatic heterocycles. The molecule has 0 bridgehead atoms. The molecule has 1 aromatic carbocycles. The Hall–Kier alpha value is -0.940. The standard InChI is InChI=1S/C15H20O4/c1-9-11(10-7-5-4-6-8-10)17-14(16)13-12(9)18-15(2,3)19-13/h4-9,11-14,16H,1-3H3/t9-,11-,12+,13+,14?/m0/s1. The molecule has 1 unspecified atom stereocenters. The second-order valence-corrected chi connectivity index (χ2v) is 5.78. The van der Waals surface area contributed by atoms with E-state index in [2.05, 4.69) is 6.92 Å². The van der Waals surface area contributed by atoms with Gasteiger partial charge in [-0.3, -0.25) is 0 Å². The average molecular weight is 264 g/mol. The Morgan fingerprint density at radius 2 is 1.68 bits per heavy atom. The molecule has 1 N–H and O–H groups in total. The van der Waals surface area contributed by atoms with E-state index in [4.69, 9.17) is 14.2 Å². The zero-order valence-corrected chi connectivity index (χ0v) is 11.4. The highest BCUT2D eigenvalue weighted by atomic mass is 16.8. The van der Waals surface area contributed by atoms with Crippen molar-refractivity contribution < 1.29 is 19.3 Å². The largest absolute Gasteiger partial charge is 0.366 e. The number of hydrogen-bond donors (Lipinski definition) is 1. The van der Waals surface area contributed by atoms with E-state index in [0.717, 1.165) is 5.56 Å². The number of aliphatic hydroxyl groups is 1. The first-order valence-electron chi connectivity index (χ1n) is 6.72. The second kappa shape index (κ2) is 4.56. The van der Waals surface area contributed by atoms with Crippen LogP contribution in [0.2, 0.25) is 0 Å². The van der Waals surface area contributed by atoms with Crippen LogP contribution in [0.3, 0.4) is 0 Å². The maximum absolute atomic E-state index is 10.1. The minimum absolute atomic E-state index is 0.123. The number of fused-ring (bicyclic) bond motifs is 1. The fourth-order valence-corrected chi connectivity index (χ4v) is 2.99. The molecule has 0 aromatic heterocycles. The Bertz CT molecular complexity index is 445. The van der Waals surface area contributed by atoms with Crippen LogP contribution in [-0.2, 0) is 14.2 Å². The number of aliphatic hydroxyl groups excluding tert-OH is 1. The van der Waals surface area contributed by atoms with Crippen molar-refractivity contribution in [2.75, 3.05) is 0 Å². The van der Waals surface area contributed by atoms with E-state index in [0.29, 0.717) is 0 Å². The van der Waals surface area contributed by atoms with Gasteiger partial charge in [-0.25, -0.2) is 0 Å². The summed E-state index contributed by atoms with van der Waals surface area (Å²) in [6.45, 7) is 5.80. The summed E-state index contributed by atoms with van der Waals surface area (Å²) in [7, 11) is 0. The molecule has 2 fully saturated rings. The average Bonchev–Trinajstić information content (AvgIpc) is 2.71. The fourth-order valence-electron chi connectivity index (χ4n) is 2.99. The highest BCUT2D eigenvalue weighted by Gasteiger charge is 2.53. The molecule has 0 amide bonds. The molecule has 2 saturated heterocycles. The van der Waals surface area contributed by atoms with E-state index in [-0.39, 0.29) is 18.1 Å². The first kappa shape index (κ1) is 13.1. The third kappa shape index (κ3) is 2.30. The molecule has 19 heavy (non-hydrogen) atoms. The van der Waals surface area contributed by atoms with E-state index in [9.17, 15) is 5.11 Å². The SMILES string of the molecule is C[C@@H]1[C@H]2OC(C)(C)O[C@H]2C(O)O[C@@H]1c1ccccc1. The van der Waals surface area contributed by atoms with Crippen LogP contribution >= 0.6 is 0 Å². The predicted octanol–water partition coefficient (Wildman–Crippen LogP) is 2.23. The van der Waals surface area contributed by atoms with Crippen molar-refractivity contribution in [3.8, 4) is 0 Å². The summed E-state index contributed by atoms with van der Waals surface area (Å²) >= 11 is 0. The van der Waals surface area contributed by atoms with Gasteiger partial charge in [-0.2, -0.15) is 0 Å². The Morgan fingerprint density at radius 3 is 2.37 bits per heavy atom. The topological polar surface area (TPSA) is 47.9 Å². The molecule has 0 aliphatic carbocycles. The Morgan fingerprint density at radius 1 is 1.05 bits per heavy atom. The molecule has 104 valence electrons. The quantitative estimate of drug-likeness (QED) is 0.845. The van der Waals surface area contributed by atoms with E-state index >= 15 is 0 Å². The van der Waals surface area contributed by atoms with E-state index in [1.807, 2.05) is 44.2 Å². The van der Waals surface area contributed by atoms with Crippen molar-refractivity contribution in [3.63, 3.8) is 0 Å². The maximum atomic E-state index is 10.1. The van der Waals surface area contributed by atoms with Gasteiger partial charge in [0.2, 0.25) is 0 Å². The minimum Gasteiger partial charge on any atom is -0.366 e. The fraction of sp³-hybridized carbons (Fsp3) is 0.600. The lowest BCUT2D eigenvalue weighted by molar-refractivity contribution is -0.245. The van der Waals surface area contributed by atoms with Gasteiger partial charge in [0.15, 0.2) is 12.1 Å². The third-order valence-electron chi connectivity index (χ3n) is 3.85. The Labute approximate surface area is 113 Å². The molecule has 4 heteroatoms. The summed E-state index contributed by atoms with van der Waals surface area (Å²) in [6.07, 6.45) is -1.68. The second-order valence-electron chi connectivity index (χ2n) is 5.78. The van der Waals surface area contributed by atoms with Gasteiger partial charge in [0, 0.05) is 5.92 Å². The Balaban J connectivity index is 1.87. The van der Waals surface area contributed by atoms with Crippen LogP contribution in [0, 0.1) is 5.92 Å². The van der Waals surface area contributed by atoms with Crippen molar-refractivity contribution in [1.82, 2.24) is 0 Å². The maximum Gasteiger partial charge on any atom is 0.184 e. The zero-order chi connectivity index (χ0) is 13.6. The van der Waals surface area contributed by atoms with Crippen LogP contribution in [-0.4, -0.2) is 29.4 Å². The van der Waals surface area contributed by atoms with Gasteiger partial charge in [-0.05, 0) is 19.4 Å². The highest BCUT2D eigenvalue weighted by molar-refractivity contribution is 5.19. The van der Waals surface area contributed by atoms with Crippen molar-refractivity contribution in [2.45, 2.75) is 51.2 Å².